The van der Waals surface area contributed by atoms with E-state index in [9.17, 15) is 32.3 Å². The van der Waals surface area contributed by atoms with Crippen LogP contribution in [0.1, 0.15) is 38.3 Å². The third kappa shape index (κ3) is 9.23. The Morgan fingerprint density at radius 1 is 1.00 bits per heavy atom. The van der Waals surface area contributed by atoms with E-state index in [-0.39, 0.29) is 44.4 Å². The van der Waals surface area contributed by atoms with E-state index < -0.39 is 48.9 Å². The van der Waals surface area contributed by atoms with E-state index >= 15 is 0 Å². The highest BCUT2D eigenvalue weighted by Gasteiger charge is 2.42. The highest BCUT2D eigenvalue weighted by atomic mass is 19.4. The van der Waals surface area contributed by atoms with Crippen molar-refractivity contribution in [2.24, 2.45) is 0 Å². The number of carbonyl (C=O) groups is 4. The molecule has 1 saturated heterocycles. The van der Waals surface area contributed by atoms with E-state index in [2.05, 4.69) is 15.4 Å². The Morgan fingerprint density at radius 3 is 2.55 bits per heavy atom. The Kier molecular flexibility index (Phi) is 10.9. The second kappa shape index (κ2) is 14.8. The lowest BCUT2D eigenvalue weighted by Crippen LogP contribution is -2.43. The van der Waals surface area contributed by atoms with Gasteiger partial charge in [-0.05, 0) is 47.5 Å². The molecule has 2 aromatic rings. The van der Waals surface area contributed by atoms with E-state index in [4.69, 9.17) is 19.3 Å². The molecule has 14 heteroatoms. The standard InChI is InChI=1S/C30H29F3N2O9/c31-30(32,33)16-41-25(37)8-7-18-3-1-6-21(11-18)29(40)44-24-14-22(13-23-26(24)43-17-42-23)28(39)35-15-19-4-2-5-20(12-19)27(38)34-9-10-36/h1-8,11-13,23-24,26,36H,9-10,14-17H2,(H,34,38)(H,35,39)/t23-,24-,26-/m1/s1. The summed E-state index contributed by atoms with van der Waals surface area (Å²) in [5.74, 6) is -2.74. The molecule has 2 aliphatic rings. The molecule has 2 aromatic carbocycles. The average Bonchev–Trinajstić information content (AvgIpc) is 3.49. The molecule has 0 aromatic heterocycles. The molecule has 1 aliphatic carbocycles. The van der Waals surface area contributed by atoms with E-state index in [0.29, 0.717) is 22.3 Å². The van der Waals surface area contributed by atoms with Crippen LogP contribution < -0.4 is 10.6 Å². The van der Waals surface area contributed by atoms with Crippen LogP contribution in [0.4, 0.5) is 13.2 Å². The second-order valence-corrected chi connectivity index (χ2v) is 9.76. The number of carbonyl (C=O) groups excluding carboxylic acids is 4. The molecule has 4 rings (SSSR count). The summed E-state index contributed by atoms with van der Waals surface area (Å²) < 4.78 is 57.6. The molecule has 44 heavy (non-hydrogen) atoms. The normalized spacial score (nSPS) is 19.5. The number of benzene rings is 2. The predicted octanol–water partition coefficient (Wildman–Crippen LogP) is 2.44. The lowest BCUT2D eigenvalue weighted by molar-refractivity contribution is -0.182. The fourth-order valence-corrected chi connectivity index (χ4v) is 4.45. The van der Waals surface area contributed by atoms with Crippen molar-refractivity contribution < 1.29 is 56.4 Å². The smallest absolute Gasteiger partial charge is 0.422 e. The first kappa shape index (κ1) is 32.4. The van der Waals surface area contributed by atoms with Gasteiger partial charge in [0.25, 0.3) is 5.91 Å². The summed E-state index contributed by atoms with van der Waals surface area (Å²) in [7, 11) is 0. The maximum atomic E-state index is 13.1. The highest BCUT2D eigenvalue weighted by molar-refractivity contribution is 5.95. The lowest BCUT2D eigenvalue weighted by atomic mass is 9.91. The number of hydrogen-bond donors (Lipinski definition) is 3. The summed E-state index contributed by atoms with van der Waals surface area (Å²) in [4.78, 5) is 49.8. The molecule has 0 spiro atoms. The van der Waals surface area contributed by atoms with Crippen molar-refractivity contribution in [3.8, 4) is 0 Å². The maximum Gasteiger partial charge on any atom is 0.422 e. The van der Waals surface area contributed by atoms with Gasteiger partial charge in [0.1, 0.15) is 25.1 Å². The molecule has 11 nitrogen and oxygen atoms in total. The van der Waals surface area contributed by atoms with Crippen molar-refractivity contribution in [1.29, 1.82) is 0 Å². The van der Waals surface area contributed by atoms with E-state index in [0.717, 1.165) is 6.08 Å². The SMILES string of the molecule is O=C(C=Cc1cccc(C(=O)O[C@@H]2CC(C(=O)NCc3cccc(C(=O)NCCO)c3)=C[C@H]3OCO[C@H]32)c1)OCC(F)(F)F. The minimum atomic E-state index is -4.65. The number of aliphatic hydroxyl groups excluding tert-OH is 1. The van der Waals surface area contributed by atoms with Crippen LogP contribution in [-0.2, 0) is 35.1 Å². The number of amides is 2. The molecule has 0 unspecified atom stereocenters. The van der Waals surface area contributed by atoms with Gasteiger partial charge >= 0.3 is 18.1 Å². The Hall–Kier alpha value is -4.53. The van der Waals surface area contributed by atoms with E-state index in [1.54, 1.807) is 30.3 Å². The molecule has 234 valence electrons. The van der Waals surface area contributed by atoms with Gasteiger partial charge in [0.2, 0.25) is 5.91 Å². The first-order valence-corrected chi connectivity index (χ1v) is 13.4. The third-order valence-electron chi connectivity index (χ3n) is 6.50. The van der Waals surface area contributed by atoms with Gasteiger partial charge in [-0.25, -0.2) is 9.59 Å². The highest BCUT2D eigenvalue weighted by Crippen LogP contribution is 2.31. The molecular formula is C30H29F3N2O9. The third-order valence-corrected chi connectivity index (χ3v) is 6.50. The van der Waals surface area contributed by atoms with Gasteiger partial charge in [-0.1, -0.05) is 24.3 Å². The maximum absolute atomic E-state index is 13.1. The van der Waals surface area contributed by atoms with E-state index in [1.807, 2.05) is 0 Å². The molecule has 0 saturated carbocycles. The van der Waals surface area contributed by atoms with Gasteiger partial charge < -0.3 is 34.7 Å². The first-order chi connectivity index (χ1) is 21.0. The van der Waals surface area contributed by atoms with Gasteiger partial charge in [0.15, 0.2) is 6.61 Å². The zero-order valence-corrected chi connectivity index (χ0v) is 23.2. The van der Waals surface area contributed by atoms with Crippen LogP contribution in [0.5, 0.6) is 0 Å². The van der Waals surface area contributed by atoms with Crippen LogP contribution in [-0.4, -0.2) is 79.9 Å². The fourth-order valence-electron chi connectivity index (χ4n) is 4.45. The minimum Gasteiger partial charge on any atom is -0.456 e. The Morgan fingerprint density at radius 2 is 1.77 bits per heavy atom. The van der Waals surface area contributed by atoms with Gasteiger partial charge in [0, 0.05) is 36.7 Å². The number of rotatable bonds is 11. The lowest BCUT2D eigenvalue weighted by Gasteiger charge is -2.30. The summed E-state index contributed by atoms with van der Waals surface area (Å²) in [6.45, 7) is -1.75. The molecule has 0 radical (unpaired) electrons. The molecule has 1 aliphatic heterocycles. The van der Waals surface area contributed by atoms with Crippen LogP contribution in [0.3, 0.4) is 0 Å². The van der Waals surface area contributed by atoms with Crippen molar-refractivity contribution >= 4 is 29.8 Å². The van der Waals surface area contributed by atoms with Crippen molar-refractivity contribution in [3.05, 3.63) is 88.5 Å². The number of fused-ring (bicyclic) bond motifs is 1. The fraction of sp³-hybridized carbons (Fsp3) is 0.333. The molecule has 1 fully saturated rings. The predicted molar refractivity (Wildman–Crippen MR) is 147 cm³/mol. The molecule has 0 bridgehead atoms. The van der Waals surface area contributed by atoms with Crippen molar-refractivity contribution in [2.45, 2.75) is 37.5 Å². The first-order valence-electron chi connectivity index (χ1n) is 13.4. The number of aliphatic hydroxyl groups is 1. The molecule has 1 heterocycles. The molecule has 3 atom stereocenters. The number of nitrogens with one attached hydrogen (secondary N) is 2. The second-order valence-electron chi connectivity index (χ2n) is 9.76. The summed E-state index contributed by atoms with van der Waals surface area (Å²) in [5, 5.41) is 14.2. The Balaban J connectivity index is 1.37. The largest absolute Gasteiger partial charge is 0.456 e. The van der Waals surface area contributed by atoms with Gasteiger partial charge in [-0.2, -0.15) is 13.2 Å². The summed E-state index contributed by atoms with van der Waals surface area (Å²) >= 11 is 0. The van der Waals surface area contributed by atoms with Crippen LogP contribution in [0, 0.1) is 0 Å². The molecule has 2 amide bonds. The zero-order valence-electron chi connectivity index (χ0n) is 23.2. The average molecular weight is 619 g/mol. The number of halogens is 3. The Bertz CT molecular complexity index is 1440. The van der Waals surface area contributed by atoms with Crippen molar-refractivity contribution in [3.63, 3.8) is 0 Å². The van der Waals surface area contributed by atoms with Crippen LogP contribution in [0.2, 0.25) is 0 Å². The number of alkyl halides is 3. The Labute approximate surface area is 249 Å². The van der Waals surface area contributed by atoms with Gasteiger partial charge in [-0.3, -0.25) is 9.59 Å². The molecule has 3 N–H and O–H groups in total. The van der Waals surface area contributed by atoms with Gasteiger partial charge in [0.05, 0.1) is 12.2 Å². The summed E-state index contributed by atoms with van der Waals surface area (Å²) in [5.41, 5.74) is 1.76. The summed E-state index contributed by atoms with van der Waals surface area (Å²) in [6, 6.07) is 12.5. The van der Waals surface area contributed by atoms with Crippen LogP contribution in [0.25, 0.3) is 6.08 Å². The monoisotopic (exact) mass is 618 g/mol. The van der Waals surface area contributed by atoms with Crippen LogP contribution in [0.15, 0.2) is 66.3 Å². The minimum absolute atomic E-state index is 0.0242. The van der Waals surface area contributed by atoms with Gasteiger partial charge in [-0.15, -0.1) is 0 Å². The number of esters is 2. The van der Waals surface area contributed by atoms with Crippen molar-refractivity contribution in [1.82, 2.24) is 10.6 Å². The summed E-state index contributed by atoms with van der Waals surface area (Å²) in [6.07, 6.45) is -3.19. The quantitative estimate of drug-likeness (QED) is 0.255. The number of ether oxygens (including phenoxy) is 4. The van der Waals surface area contributed by atoms with Crippen LogP contribution >= 0.6 is 0 Å². The van der Waals surface area contributed by atoms with E-state index in [1.165, 1.54) is 30.3 Å². The van der Waals surface area contributed by atoms with Crippen molar-refractivity contribution in [2.75, 3.05) is 26.6 Å². The zero-order chi connectivity index (χ0) is 31.7. The molecular weight excluding hydrogens is 589 g/mol. The number of hydrogen-bond acceptors (Lipinski definition) is 9. The topological polar surface area (TPSA) is 149 Å².